The zero-order chi connectivity index (χ0) is 48.4. The van der Waals surface area contributed by atoms with Crippen molar-refractivity contribution in [2.75, 3.05) is 55.5 Å². The van der Waals surface area contributed by atoms with Crippen LogP contribution in [0.15, 0.2) is 77.8 Å². The summed E-state index contributed by atoms with van der Waals surface area (Å²) in [5, 5.41) is 27.0. The molecule has 4 fully saturated rings. The van der Waals surface area contributed by atoms with E-state index in [0.717, 1.165) is 49.6 Å². The summed E-state index contributed by atoms with van der Waals surface area (Å²) in [6, 6.07) is 20.8. The maximum absolute atomic E-state index is 14.3. The van der Waals surface area contributed by atoms with E-state index in [9.17, 15) is 28.4 Å². The molecule has 0 radical (unpaired) electrons. The number of nitrogens with one attached hydrogen (secondary N) is 3. The van der Waals surface area contributed by atoms with E-state index in [1.807, 2.05) is 39.2 Å². The van der Waals surface area contributed by atoms with Crippen molar-refractivity contribution in [3.63, 3.8) is 0 Å². The lowest BCUT2D eigenvalue weighted by molar-refractivity contribution is -0.384. The van der Waals surface area contributed by atoms with E-state index < -0.39 is 37.0 Å². The summed E-state index contributed by atoms with van der Waals surface area (Å²) < 4.78 is 43.0. The van der Waals surface area contributed by atoms with E-state index >= 15 is 0 Å². The van der Waals surface area contributed by atoms with Gasteiger partial charge < -0.3 is 34.7 Å². The van der Waals surface area contributed by atoms with Gasteiger partial charge in [0.25, 0.3) is 21.6 Å². The number of hydrogen-bond acceptors (Lipinski definition) is 13. The molecular formula is C52H64N8O8S. The molecule has 10 rings (SSSR count). The van der Waals surface area contributed by atoms with E-state index in [4.69, 9.17) is 14.5 Å². The second kappa shape index (κ2) is 18.1. The van der Waals surface area contributed by atoms with E-state index in [1.54, 1.807) is 23.2 Å². The van der Waals surface area contributed by atoms with E-state index in [2.05, 4.69) is 62.9 Å². The number of nitrogens with zero attached hydrogens (tertiary/aromatic N) is 5. The fourth-order valence-corrected chi connectivity index (χ4v) is 12.9. The smallest absolute Gasteiger partial charge is 0.297 e. The highest BCUT2D eigenvalue weighted by molar-refractivity contribution is 7.90. The number of amides is 1. The Morgan fingerprint density at radius 2 is 1.75 bits per heavy atom. The fraction of sp³-hybridized carbons (Fsp3) is 0.500. The summed E-state index contributed by atoms with van der Waals surface area (Å²) >= 11 is 0. The van der Waals surface area contributed by atoms with Gasteiger partial charge in [0, 0.05) is 74.7 Å². The quantitative estimate of drug-likeness (QED) is 0.0683. The number of likely N-dealkylation sites (tertiary alicyclic amines) is 1. The van der Waals surface area contributed by atoms with Gasteiger partial charge in [0.1, 0.15) is 18.0 Å². The SMILES string of the molecule is CC(C)c1ccccc1[C@H]1CCCN1C1CC2(CCN(c3ccc(C(=O)NS(=O)(=O)c4cc5c(c([N+](=O)[O-])c4)N[C@@H]([C@H]4CC[C@](C)(O)CC4)CO5)c(Oc4cc5cc[nH]c5nc4N(C)C)c3)CC2)C1. The van der Waals surface area contributed by atoms with Gasteiger partial charge in [-0.3, -0.25) is 19.8 Å². The molecule has 69 heavy (non-hydrogen) atoms. The first-order valence-corrected chi connectivity index (χ1v) is 26.0. The van der Waals surface area contributed by atoms with E-state index in [1.165, 1.54) is 42.9 Å². The molecule has 3 aliphatic heterocycles. The molecule has 2 aromatic heterocycles. The van der Waals surface area contributed by atoms with Crippen LogP contribution in [0.2, 0.25) is 0 Å². The molecule has 5 aliphatic rings. The van der Waals surface area contributed by atoms with Gasteiger partial charge in [-0.15, -0.1) is 0 Å². The van der Waals surface area contributed by atoms with Crippen LogP contribution in [0.25, 0.3) is 11.0 Å². The fourth-order valence-electron chi connectivity index (χ4n) is 11.9. The number of aliphatic hydroxyl groups is 1. The number of anilines is 3. The van der Waals surface area contributed by atoms with Crippen molar-refractivity contribution in [1.29, 1.82) is 0 Å². The van der Waals surface area contributed by atoms with Crippen molar-refractivity contribution < 1.29 is 32.7 Å². The Morgan fingerprint density at radius 1 is 1.00 bits per heavy atom. The number of pyridine rings is 1. The first-order chi connectivity index (χ1) is 33.0. The summed E-state index contributed by atoms with van der Waals surface area (Å²) in [5.74, 6) is 0.607. The van der Waals surface area contributed by atoms with Gasteiger partial charge >= 0.3 is 0 Å². The van der Waals surface area contributed by atoms with Crippen LogP contribution in [0.5, 0.6) is 17.2 Å². The van der Waals surface area contributed by atoms with Crippen LogP contribution in [-0.4, -0.2) is 97.2 Å². The van der Waals surface area contributed by atoms with Crippen LogP contribution in [0.1, 0.15) is 118 Å². The second-order valence-corrected chi connectivity index (χ2v) is 22.7. The van der Waals surface area contributed by atoms with Gasteiger partial charge in [0.05, 0.1) is 27.0 Å². The number of piperidine rings is 1. The van der Waals surface area contributed by atoms with Crippen molar-refractivity contribution in [2.24, 2.45) is 11.3 Å². The summed E-state index contributed by atoms with van der Waals surface area (Å²) in [4.78, 5) is 40.4. The topological polar surface area (TPSA) is 196 Å². The van der Waals surface area contributed by atoms with Gasteiger partial charge in [-0.25, -0.2) is 18.1 Å². The number of aromatic amines is 1. The normalized spacial score (nSPS) is 23.8. The number of rotatable bonds is 12. The first kappa shape index (κ1) is 46.8. The van der Waals surface area contributed by atoms with Crippen LogP contribution in [-0.2, 0) is 10.0 Å². The number of sulfonamides is 1. The highest BCUT2D eigenvalue weighted by Gasteiger charge is 2.50. The van der Waals surface area contributed by atoms with Crippen molar-refractivity contribution in [3.8, 4) is 17.2 Å². The number of H-pyrrole nitrogens is 1. The van der Waals surface area contributed by atoms with Gasteiger partial charge in [0.15, 0.2) is 23.0 Å². The summed E-state index contributed by atoms with van der Waals surface area (Å²) in [7, 11) is -1.02. The molecule has 5 heterocycles. The maximum Gasteiger partial charge on any atom is 0.297 e. The van der Waals surface area contributed by atoms with Crippen molar-refractivity contribution >= 4 is 49.8 Å². The van der Waals surface area contributed by atoms with E-state index in [-0.39, 0.29) is 46.7 Å². The minimum atomic E-state index is -4.69. The molecule has 2 saturated heterocycles. The molecule has 1 spiro atoms. The third-order valence-electron chi connectivity index (χ3n) is 15.8. The lowest BCUT2D eigenvalue weighted by Gasteiger charge is -2.56. The number of hydrogen-bond donors (Lipinski definition) is 4. The molecule has 4 N–H and O–H groups in total. The summed E-state index contributed by atoms with van der Waals surface area (Å²) in [5.41, 5.74) is 3.53. The van der Waals surface area contributed by atoms with Crippen LogP contribution in [0, 0.1) is 21.4 Å². The number of carbonyl (C=O) groups is 1. The van der Waals surface area contributed by atoms with Crippen molar-refractivity contribution in [3.05, 3.63) is 99.7 Å². The first-order valence-electron chi connectivity index (χ1n) is 24.5. The van der Waals surface area contributed by atoms with Crippen LogP contribution >= 0.6 is 0 Å². The molecule has 366 valence electrons. The monoisotopic (exact) mass is 960 g/mol. The van der Waals surface area contributed by atoms with Crippen LogP contribution < -0.4 is 29.3 Å². The molecule has 5 aromatic rings. The summed E-state index contributed by atoms with van der Waals surface area (Å²) in [6.45, 7) is 9.33. The standard InChI is InChI=1S/C52H64N8O8S/c1-32(2)38-9-6-7-10-39(38)42-11-8-22-59(42)36-29-52(30-36)19-23-58(24-20-52)35-12-13-40(44(26-35)68-46-25-34-16-21-53-48(34)55-49(46)57(4)5)50(61)56-69(65,66)37-27-43(60(63)64)47-45(28-37)67-31-41(54-47)33-14-17-51(3,62)18-15-33/h6-7,9-10,12-13,16,21,25-28,32-33,36,41-42,54,62H,8,11,14-15,17-20,22-24,29-31H2,1-5H3,(H,53,55)(H,56,61)/t33-,41-,42-,51-/m1/s1. The Labute approximate surface area is 404 Å². The third-order valence-corrected chi connectivity index (χ3v) is 17.1. The number of nitro groups is 1. The number of benzene rings is 3. The molecule has 2 atom stereocenters. The Hall–Kier alpha value is -5.91. The average Bonchev–Trinajstić information content (AvgIpc) is 4.00. The largest absolute Gasteiger partial charge is 0.489 e. The highest BCUT2D eigenvalue weighted by atomic mass is 32.2. The van der Waals surface area contributed by atoms with Crippen molar-refractivity contribution in [2.45, 2.75) is 120 Å². The van der Waals surface area contributed by atoms with Gasteiger partial charge in [-0.1, -0.05) is 38.1 Å². The number of aromatic nitrogens is 2. The van der Waals surface area contributed by atoms with Crippen molar-refractivity contribution in [1.82, 2.24) is 19.6 Å². The third kappa shape index (κ3) is 9.20. The molecular weight excluding hydrogens is 897 g/mol. The summed E-state index contributed by atoms with van der Waals surface area (Å²) in [6.07, 6.45) is 11.3. The Balaban J connectivity index is 0.884. The lowest BCUT2D eigenvalue weighted by atomic mass is 9.59. The minimum Gasteiger partial charge on any atom is -0.489 e. The molecule has 1 amide bonds. The van der Waals surface area contributed by atoms with Gasteiger partial charge in [-0.2, -0.15) is 0 Å². The molecule has 2 saturated carbocycles. The Morgan fingerprint density at radius 3 is 2.48 bits per heavy atom. The lowest BCUT2D eigenvalue weighted by Crippen LogP contribution is -2.54. The van der Waals surface area contributed by atoms with Gasteiger partial charge in [0.2, 0.25) is 0 Å². The molecule has 0 unspecified atom stereocenters. The molecule has 17 heteroatoms. The molecule has 16 nitrogen and oxygen atoms in total. The molecule has 3 aromatic carbocycles. The van der Waals surface area contributed by atoms with Crippen LogP contribution in [0.3, 0.4) is 0 Å². The zero-order valence-electron chi connectivity index (χ0n) is 40.2. The number of ether oxygens (including phenoxy) is 2. The number of carbonyl (C=O) groups excluding carboxylic acids is 1. The minimum absolute atomic E-state index is 0.00158. The Kier molecular flexibility index (Phi) is 12.3. The molecule has 0 bridgehead atoms. The van der Waals surface area contributed by atoms with Gasteiger partial charge in [-0.05, 0) is 130 Å². The average molecular weight is 961 g/mol. The second-order valence-electron chi connectivity index (χ2n) is 21.0. The number of nitro benzene ring substituents is 1. The Bertz CT molecular complexity index is 2870. The van der Waals surface area contributed by atoms with E-state index in [0.29, 0.717) is 60.9 Å². The maximum atomic E-state index is 14.3. The number of fused-ring (bicyclic) bond motifs is 2. The molecule has 2 aliphatic carbocycles. The predicted molar refractivity (Wildman–Crippen MR) is 266 cm³/mol. The van der Waals surface area contributed by atoms with Crippen LogP contribution in [0.4, 0.5) is 22.9 Å². The zero-order valence-corrected chi connectivity index (χ0v) is 41.0. The highest BCUT2D eigenvalue weighted by Crippen LogP contribution is 2.54. The predicted octanol–water partition coefficient (Wildman–Crippen LogP) is 9.27.